The molecule has 0 atom stereocenters. The molecule has 28 heavy (non-hydrogen) atoms. The lowest BCUT2D eigenvalue weighted by atomic mass is 9.69. The van der Waals surface area contributed by atoms with E-state index in [1.165, 1.54) is 11.1 Å². The summed E-state index contributed by atoms with van der Waals surface area (Å²) in [4.78, 5) is 18.3. The Morgan fingerprint density at radius 3 is 2.57 bits per heavy atom. The van der Waals surface area contributed by atoms with E-state index in [0.29, 0.717) is 18.2 Å². The van der Waals surface area contributed by atoms with Crippen LogP contribution in [0.15, 0.2) is 27.8 Å². The van der Waals surface area contributed by atoms with Gasteiger partial charge in [-0.1, -0.05) is 53.7 Å². The van der Waals surface area contributed by atoms with Crippen LogP contribution in [0.5, 0.6) is 0 Å². The molecule has 1 aromatic heterocycles. The number of Topliss-reactive ketones (excluding diaryl/α,β-unsaturated/α-hetero) is 1. The predicted molar refractivity (Wildman–Crippen MR) is 117 cm³/mol. The lowest BCUT2D eigenvalue weighted by Gasteiger charge is -2.35. The van der Waals surface area contributed by atoms with Crippen LogP contribution in [0.25, 0.3) is 11.3 Å². The zero-order valence-corrected chi connectivity index (χ0v) is 18.4. The van der Waals surface area contributed by atoms with Gasteiger partial charge >= 0.3 is 0 Å². The maximum absolute atomic E-state index is 13.6. The Labute approximate surface area is 169 Å². The zero-order chi connectivity index (χ0) is 20.6. The first-order valence-corrected chi connectivity index (χ1v) is 10.7. The van der Waals surface area contributed by atoms with Crippen LogP contribution in [-0.2, 0) is 11.8 Å². The molecule has 2 aliphatic rings. The Morgan fingerprint density at radius 1 is 1.18 bits per heavy atom. The van der Waals surface area contributed by atoms with Gasteiger partial charge in [-0.25, -0.2) is 0 Å². The summed E-state index contributed by atoms with van der Waals surface area (Å²) in [7, 11) is 0. The molecule has 2 aliphatic carbocycles. The van der Waals surface area contributed by atoms with E-state index in [-0.39, 0.29) is 11.2 Å². The van der Waals surface area contributed by atoms with Gasteiger partial charge < -0.3 is 4.42 Å². The lowest BCUT2D eigenvalue weighted by Crippen LogP contribution is -2.30. The highest BCUT2D eigenvalue weighted by atomic mass is 16.3. The summed E-state index contributed by atoms with van der Waals surface area (Å²) in [5.41, 5.74) is 6.86. The van der Waals surface area contributed by atoms with E-state index in [2.05, 4.69) is 39.8 Å². The van der Waals surface area contributed by atoms with Gasteiger partial charge in [-0.05, 0) is 54.2 Å². The number of aryl methyl sites for hydroxylation is 1. The van der Waals surface area contributed by atoms with E-state index >= 15 is 0 Å². The van der Waals surface area contributed by atoms with Crippen molar-refractivity contribution in [1.29, 1.82) is 0 Å². The SMILES string of the molecule is CC.Cc1coc2c1C(=NCC(C)C)C(=O)c1c-2ccc2c1CCCC2(C)C. The fourth-order valence-electron chi connectivity index (χ4n) is 4.43. The van der Waals surface area contributed by atoms with E-state index < -0.39 is 0 Å². The quantitative estimate of drug-likeness (QED) is 0.595. The molecule has 2 aromatic rings. The number of ketones is 1. The highest BCUT2D eigenvalue weighted by Gasteiger charge is 2.38. The standard InChI is InChI=1S/C23H27NO2.C2H6/c1-13(2)11-24-20-18-14(3)12-26-22(18)16-8-9-17-15(19(16)21(20)25)7-6-10-23(17,4)5;1-2/h8-9,12-13H,6-7,10-11H2,1-5H3;1-2H3. The van der Waals surface area contributed by atoms with Crippen molar-refractivity contribution in [3.63, 3.8) is 0 Å². The van der Waals surface area contributed by atoms with E-state index in [9.17, 15) is 4.79 Å². The molecule has 1 aromatic carbocycles. The average Bonchev–Trinajstić information content (AvgIpc) is 3.04. The maximum atomic E-state index is 13.6. The van der Waals surface area contributed by atoms with Crippen molar-refractivity contribution < 1.29 is 9.21 Å². The Hall–Kier alpha value is -2.16. The number of carbonyl (C=O) groups is 1. The second kappa shape index (κ2) is 7.69. The van der Waals surface area contributed by atoms with Crippen molar-refractivity contribution in [2.24, 2.45) is 10.9 Å². The third kappa shape index (κ3) is 3.25. The number of carbonyl (C=O) groups excluding carboxylic acids is 1. The molecule has 3 nitrogen and oxygen atoms in total. The highest BCUT2D eigenvalue weighted by molar-refractivity contribution is 6.55. The van der Waals surface area contributed by atoms with E-state index in [1.807, 2.05) is 20.8 Å². The molecule has 3 heteroatoms. The molecule has 0 radical (unpaired) electrons. The summed E-state index contributed by atoms with van der Waals surface area (Å²) >= 11 is 0. The number of aliphatic imine (C=N–C) groups is 1. The minimum absolute atomic E-state index is 0.0761. The highest BCUT2D eigenvalue weighted by Crippen LogP contribution is 2.44. The summed E-state index contributed by atoms with van der Waals surface area (Å²) < 4.78 is 5.91. The molecule has 0 saturated heterocycles. The summed E-state index contributed by atoms with van der Waals surface area (Å²) in [6, 6.07) is 4.29. The largest absolute Gasteiger partial charge is 0.463 e. The van der Waals surface area contributed by atoms with Gasteiger partial charge in [0.05, 0.1) is 11.8 Å². The Kier molecular flexibility index (Phi) is 5.65. The first-order valence-electron chi connectivity index (χ1n) is 10.7. The average molecular weight is 380 g/mol. The molecule has 1 heterocycles. The van der Waals surface area contributed by atoms with Crippen LogP contribution in [0.1, 0.15) is 87.0 Å². The number of fused-ring (bicyclic) bond motifs is 5. The van der Waals surface area contributed by atoms with Gasteiger partial charge in [0.2, 0.25) is 5.78 Å². The van der Waals surface area contributed by atoms with Gasteiger partial charge in [-0.15, -0.1) is 0 Å². The Morgan fingerprint density at radius 2 is 1.89 bits per heavy atom. The zero-order valence-electron chi connectivity index (χ0n) is 18.4. The second-order valence-electron chi connectivity index (χ2n) is 8.79. The summed E-state index contributed by atoms with van der Waals surface area (Å²) in [5.74, 6) is 1.30. The van der Waals surface area contributed by atoms with Crippen LogP contribution in [0.2, 0.25) is 0 Å². The number of nitrogens with zero attached hydrogens (tertiary/aromatic N) is 1. The topological polar surface area (TPSA) is 42.6 Å². The molecular formula is C25H33NO2. The fraction of sp³-hybridized carbons (Fsp3) is 0.520. The van der Waals surface area contributed by atoms with Gasteiger partial charge in [-0.3, -0.25) is 9.79 Å². The van der Waals surface area contributed by atoms with Crippen LogP contribution in [0, 0.1) is 12.8 Å². The molecule has 0 aliphatic heterocycles. The van der Waals surface area contributed by atoms with Gasteiger partial charge in [-0.2, -0.15) is 0 Å². The molecule has 0 N–H and O–H groups in total. The molecular weight excluding hydrogens is 346 g/mol. The molecule has 4 rings (SSSR count). The van der Waals surface area contributed by atoms with E-state index in [1.54, 1.807) is 6.26 Å². The molecule has 150 valence electrons. The summed E-state index contributed by atoms with van der Waals surface area (Å²) in [5, 5.41) is 0. The van der Waals surface area contributed by atoms with Gasteiger partial charge in [0.25, 0.3) is 0 Å². The smallest absolute Gasteiger partial charge is 0.212 e. The summed E-state index contributed by atoms with van der Waals surface area (Å²) in [6.07, 6.45) is 4.99. The van der Waals surface area contributed by atoms with Crippen molar-refractivity contribution in [3.8, 4) is 11.3 Å². The molecule has 0 amide bonds. The van der Waals surface area contributed by atoms with Gasteiger partial charge in [0.15, 0.2) is 0 Å². The monoisotopic (exact) mass is 379 g/mol. The van der Waals surface area contributed by atoms with Crippen molar-refractivity contribution in [3.05, 3.63) is 46.2 Å². The van der Waals surface area contributed by atoms with Crippen molar-refractivity contribution >= 4 is 11.5 Å². The third-order valence-corrected chi connectivity index (χ3v) is 5.78. The minimum atomic E-state index is 0.0761. The second-order valence-corrected chi connectivity index (χ2v) is 8.79. The number of benzene rings is 1. The van der Waals surface area contributed by atoms with Crippen LogP contribution in [-0.4, -0.2) is 18.0 Å². The van der Waals surface area contributed by atoms with Gasteiger partial charge in [0, 0.05) is 17.7 Å². The Bertz CT molecular complexity index is 928. The number of hydrogen-bond acceptors (Lipinski definition) is 3. The number of rotatable bonds is 2. The molecule has 0 fully saturated rings. The van der Waals surface area contributed by atoms with E-state index in [0.717, 1.165) is 47.3 Å². The van der Waals surface area contributed by atoms with Crippen LogP contribution >= 0.6 is 0 Å². The maximum Gasteiger partial charge on any atom is 0.212 e. The molecule has 0 spiro atoms. The first-order chi connectivity index (χ1) is 13.3. The number of hydrogen-bond donors (Lipinski definition) is 0. The minimum Gasteiger partial charge on any atom is -0.463 e. The predicted octanol–water partition coefficient (Wildman–Crippen LogP) is 6.54. The van der Waals surface area contributed by atoms with Crippen molar-refractivity contribution in [2.45, 2.75) is 73.1 Å². The van der Waals surface area contributed by atoms with E-state index in [4.69, 9.17) is 9.41 Å². The summed E-state index contributed by atoms with van der Waals surface area (Å²) in [6.45, 7) is 15.5. The van der Waals surface area contributed by atoms with Crippen molar-refractivity contribution in [2.75, 3.05) is 6.54 Å². The fourth-order valence-corrected chi connectivity index (χ4v) is 4.43. The first kappa shape index (κ1) is 20.6. The van der Waals surface area contributed by atoms with Crippen molar-refractivity contribution in [1.82, 2.24) is 0 Å². The lowest BCUT2D eigenvalue weighted by molar-refractivity contribution is 0.106. The number of furan rings is 1. The Balaban J connectivity index is 0.00000109. The van der Waals surface area contributed by atoms with Crippen LogP contribution in [0.3, 0.4) is 0 Å². The third-order valence-electron chi connectivity index (χ3n) is 5.78. The normalized spacial score (nSPS) is 18.3. The molecule has 0 bridgehead atoms. The molecule has 0 saturated carbocycles. The molecule has 0 unspecified atom stereocenters. The van der Waals surface area contributed by atoms with Gasteiger partial charge in [0.1, 0.15) is 11.5 Å². The van der Waals surface area contributed by atoms with Crippen LogP contribution < -0.4 is 0 Å². The van der Waals surface area contributed by atoms with Crippen LogP contribution in [0.4, 0.5) is 0 Å².